The van der Waals surface area contributed by atoms with Crippen LogP contribution in [0.1, 0.15) is 47.2 Å². The van der Waals surface area contributed by atoms with Gasteiger partial charge in [0.05, 0.1) is 18.7 Å². The third-order valence-electron chi connectivity index (χ3n) is 11.1. The summed E-state index contributed by atoms with van der Waals surface area (Å²) in [6.45, 7) is 4.54. The van der Waals surface area contributed by atoms with Gasteiger partial charge >= 0.3 is 0 Å². The maximum Gasteiger partial charge on any atom is 0.178 e. The first-order chi connectivity index (χ1) is 23.9. The average Bonchev–Trinajstić information content (AvgIpc) is 3.61. The molecule has 0 spiro atoms. The van der Waals surface area contributed by atoms with Crippen LogP contribution < -0.4 is 9.47 Å². The van der Waals surface area contributed by atoms with Gasteiger partial charge in [-0.05, 0) is 91.0 Å². The molecule has 10 rings (SSSR count). The van der Waals surface area contributed by atoms with Gasteiger partial charge < -0.3 is 9.47 Å². The van der Waals surface area contributed by atoms with Crippen molar-refractivity contribution in [3.8, 4) is 50.9 Å². The van der Waals surface area contributed by atoms with Crippen molar-refractivity contribution in [3.63, 3.8) is 0 Å². The molecule has 0 fully saturated rings. The third-order valence-corrected chi connectivity index (χ3v) is 11.1. The van der Waals surface area contributed by atoms with Crippen LogP contribution >= 0.6 is 0 Å². The Balaban J connectivity index is 1.28. The number of nitriles is 1. The van der Waals surface area contributed by atoms with E-state index in [1.165, 1.54) is 55.3 Å². The number of nitrogens with zero attached hydrogens (tertiary/aromatic N) is 1. The lowest BCUT2D eigenvalue weighted by atomic mass is 9.76. The highest BCUT2D eigenvalue weighted by atomic mass is 16.5. The Hall–Kier alpha value is -6.11. The summed E-state index contributed by atoms with van der Waals surface area (Å²) < 4.78 is 13.2. The van der Waals surface area contributed by atoms with Gasteiger partial charge in [-0.25, -0.2) is 0 Å². The minimum atomic E-state index is -0.925. The van der Waals surface area contributed by atoms with E-state index in [2.05, 4.69) is 135 Å². The third kappa shape index (κ3) is 3.56. The number of methoxy groups -OCH3 is 1. The molecule has 232 valence electrons. The van der Waals surface area contributed by atoms with E-state index in [1.807, 2.05) is 18.2 Å². The van der Waals surface area contributed by atoms with Crippen LogP contribution in [0.2, 0.25) is 0 Å². The smallest absolute Gasteiger partial charge is 0.178 e. The highest BCUT2D eigenvalue weighted by molar-refractivity contribution is 6.16. The van der Waals surface area contributed by atoms with E-state index in [1.54, 1.807) is 7.11 Å². The molecule has 0 amide bonds. The number of fused-ring (bicyclic) bond motifs is 11. The molecule has 1 unspecified atom stereocenters. The van der Waals surface area contributed by atoms with Crippen molar-refractivity contribution >= 4 is 27.6 Å². The fraction of sp³-hybridized carbons (Fsp3) is 0.109. The second kappa shape index (κ2) is 9.72. The molecule has 3 nitrogen and oxygen atoms in total. The molecule has 49 heavy (non-hydrogen) atoms. The Kier molecular flexibility index (Phi) is 5.54. The zero-order chi connectivity index (χ0) is 33.1. The zero-order valence-electron chi connectivity index (χ0n) is 27.5. The topological polar surface area (TPSA) is 42.2 Å². The van der Waals surface area contributed by atoms with E-state index in [9.17, 15) is 5.26 Å². The Labute approximate surface area is 285 Å². The number of ether oxygens (including phenoxy) is 2. The van der Waals surface area contributed by atoms with Crippen molar-refractivity contribution in [2.45, 2.75) is 24.9 Å². The summed E-state index contributed by atoms with van der Waals surface area (Å²) in [5.41, 5.74) is 12.5. The van der Waals surface area contributed by atoms with Crippen molar-refractivity contribution in [2.75, 3.05) is 7.11 Å². The molecule has 7 aromatic rings. The lowest BCUT2D eigenvalue weighted by molar-refractivity contribution is 0.165. The standard InChI is InChI=1S/C46H31NO2/c1-45(2)40-25-27(26-47)15-20-37(40)42-33-11-6-7-12-35(33)44-38(43(42)45)23-24-46(49-44,28-16-18-29(48-3)19-17-28)39-22-21-34-31-10-5-4-9-30(31)32-13-8-14-36(39)41(32)34/h4-25H,1-3H3. The molecule has 2 aliphatic carbocycles. The van der Waals surface area contributed by atoms with Crippen LogP contribution in [0, 0.1) is 11.3 Å². The van der Waals surface area contributed by atoms with Gasteiger partial charge in [-0.3, -0.25) is 0 Å². The zero-order valence-corrected chi connectivity index (χ0v) is 27.5. The minimum absolute atomic E-state index is 0.340. The molecular weight excluding hydrogens is 599 g/mol. The quantitative estimate of drug-likeness (QED) is 0.195. The lowest BCUT2D eigenvalue weighted by Gasteiger charge is -2.39. The van der Waals surface area contributed by atoms with Gasteiger partial charge in [-0.15, -0.1) is 0 Å². The molecule has 0 saturated heterocycles. The normalized spacial score (nSPS) is 17.2. The summed E-state index contributed by atoms with van der Waals surface area (Å²) >= 11 is 0. The Bertz CT molecular complexity index is 2630. The monoisotopic (exact) mass is 629 g/mol. The number of benzene rings is 7. The van der Waals surface area contributed by atoms with Crippen LogP contribution in [0.15, 0.2) is 127 Å². The second-order valence-electron chi connectivity index (χ2n) is 13.9. The molecule has 3 heteroatoms. The van der Waals surface area contributed by atoms with Crippen LogP contribution in [-0.4, -0.2) is 7.11 Å². The molecule has 3 aliphatic rings. The molecule has 0 bridgehead atoms. The predicted octanol–water partition coefficient (Wildman–Crippen LogP) is 11.2. The summed E-state index contributed by atoms with van der Waals surface area (Å²) in [5, 5.41) is 14.5. The van der Waals surface area contributed by atoms with Crippen molar-refractivity contribution in [2.24, 2.45) is 0 Å². The van der Waals surface area contributed by atoms with E-state index in [0.717, 1.165) is 39.0 Å². The van der Waals surface area contributed by atoms with E-state index in [-0.39, 0.29) is 5.41 Å². The van der Waals surface area contributed by atoms with E-state index in [0.29, 0.717) is 5.56 Å². The first-order valence-corrected chi connectivity index (χ1v) is 16.8. The van der Waals surface area contributed by atoms with Crippen molar-refractivity contribution in [3.05, 3.63) is 161 Å². The first kappa shape index (κ1) is 28.0. The minimum Gasteiger partial charge on any atom is -0.497 e. The summed E-state index contributed by atoms with van der Waals surface area (Å²) in [4.78, 5) is 0. The van der Waals surface area contributed by atoms with Gasteiger partial charge in [0.25, 0.3) is 0 Å². The maximum atomic E-state index is 9.80. The lowest BCUT2D eigenvalue weighted by Crippen LogP contribution is -2.35. The second-order valence-corrected chi connectivity index (χ2v) is 13.9. The van der Waals surface area contributed by atoms with Crippen LogP contribution in [0.3, 0.4) is 0 Å². The number of hydrogen-bond acceptors (Lipinski definition) is 3. The van der Waals surface area contributed by atoms with Crippen LogP contribution in [0.25, 0.3) is 61.0 Å². The molecular formula is C46H31NO2. The molecule has 0 radical (unpaired) electrons. The summed E-state index contributed by atoms with van der Waals surface area (Å²) in [6, 6.07) is 45.3. The van der Waals surface area contributed by atoms with Crippen molar-refractivity contribution in [1.82, 2.24) is 0 Å². The van der Waals surface area contributed by atoms with Crippen LogP contribution in [0.5, 0.6) is 11.5 Å². The molecule has 7 aromatic carbocycles. The van der Waals surface area contributed by atoms with Crippen molar-refractivity contribution < 1.29 is 9.47 Å². The highest BCUT2D eigenvalue weighted by Gasteiger charge is 2.45. The Morgan fingerprint density at radius 2 is 1.33 bits per heavy atom. The summed E-state index contributed by atoms with van der Waals surface area (Å²) in [6.07, 6.45) is 4.56. The van der Waals surface area contributed by atoms with Crippen LogP contribution in [0.4, 0.5) is 0 Å². The van der Waals surface area contributed by atoms with E-state index < -0.39 is 5.60 Å². The highest BCUT2D eigenvalue weighted by Crippen LogP contribution is 2.59. The molecule has 1 heterocycles. The summed E-state index contributed by atoms with van der Waals surface area (Å²) in [7, 11) is 1.70. The SMILES string of the molecule is COc1ccc(C2(c3ccc4c5c(cccc35)-c3ccccc3-4)C=Cc3c4c(c5ccccc5c3O2)-c2ccc(C#N)cc2C4(C)C)cc1. The van der Waals surface area contributed by atoms with Gasteiger partial charge in [0.1, 0.15) is 11.5 Å². The van der Waals surface area contributed by atoms with E-state index in [4.69, 9.17) is 9.47 Å². The maximum absolute atomic E-state index is 9.80. The number of rotatable bonds is 3. The first-order valence-electron chi connectivity index (χ1n) is 16.8. The Morgan fingerprint density at radius 1 is 0.653 bits per heavy atom. The molecule has 1 atom stereocenters. The average molecular weight is 630 g/mol. The van der Waals surface area contributed by atoms with Crippen molar-refractivity contribution in [1.29, 1.82) is 5.26 Å². The van der Waals surface area contributed by atoms with Crippen LogP contribution in [-0.2, 0) is 11.0 Å². The molecule has 0 saturated carbocycles. The van der Waals surface area contributed by atoms with Gasteiger partial charge in [0.2, 0.25) is 0 Å². The molecule has 0 aromatic heterocycles. The molecule has 1 aliphatic heterocycles. The fourth-order valence-electron chi connectivity index (χ4n) is 8.93. The van der Waals surface area contributed by atoms with Gasteiger partial charge in [0, 0.05) is 27.5 Å². The predicted molar refractivity (Wildman–Crippen MR) is 198 cm³/mol. The largest absolute Gasteiger partial charge is 0.497 e. The van der Waals surface area contributed by atoms with E-state index >= 15 is 0 Å². The molecule has 0 N–H and O–H groups in total. The van der Waals surface area contributed by atoms with Gasteiger partial charge in [-0.2, -0.15) is 5.26 Å². The fourth-order valence-corrected chi connectivity index (χ4v) is 8.93. The Morgan fingerprint density at radius 3 is 2.08 bits per heavy atom. The van der Waals surface area contributed by atoms with Gasteiger partial charge in [-0.1, -0.05) is 117 Å². The number of hydrogen-bond donors (Lipinski definition) is 0. The summed E-state index contributed by atoms with van der Waals surface area (Å²) in [5.74, 6) is 1.68. The van der Waals surface area contributed by atoms with Gasteiger partial charge in [0.15, 0.2) is 5.60 Å².